The molecule has 2 aromatic rings. The van der Waals surface area contributed by atoms with Crippen LogP contribution in [0.15, 0.2) is 41.1 Å². The molecule has 0 spiro atoms. The van der Waals surface area contributed by atoms with Crippen LogP contribution in [0.3, 0.4) is 0 Å². The van der Waals surface area contributed by atoms with Crippen LogP contribution in [0.25, 0.3) is 0 Å². The fourth-order valence-electron chi connectivity index (χ4n) is 1.48. The van der Waals surface area contributed by atoms with Crippen molar-refractivity contribution in [3.05, 3.63) is 52.4 Å². The molecule has 0 saturated heterocycles. The zero-order chi connectivity index (χ0) is 11.4. The minimum atomic E-state index is 0.611. The molecular weight excluding hydrogens is 266 g/mol. The van der Waals surface area contributed by atoms with Crippen LogP contribution in [0.4, 0.5) is 5.82 Å². The molecule has 0 aliphatic heterocycles. The molecule has 2 aromatic heterocycles. The Morgan fingerprint density at radius 2 is 2.00 bits per heavy atom. The number of nitrogens with two attached hydrogens (primary N) is 1. The predicted octanol–water partition coefficient (Wildman–Crippen LogP) is 2.61. The fourth-order valence-corrected chi connectivity index (χ4v) is 1.71. The maximum absolute atomic E-state index is 5.77. The Bertz CT molecular complexity index is 468. The number of hydrogen-bond acceptors (Lipinski definition) is 3. The number of hydrogen-bond donors (Lipinski definition) is 1. The first-order valence-corrected chi connectivity index (χ1v) is 5.85. The molecule has 16 heavy (non-hydrogen) atoms. The Morgan fingerprint density at radius 1 is 1.12 bits per heavy atom. The van der Waals surface area contributed by atoms with Gasteiger partial charge in [0.15, 0.2) is 0 Å². The van der Waals surface area contributed by atoms with Crippen molar-refractivity contribution in [3.63, 3.8) is 0 Å². The quantitative estimate of drug-likeness (QED) is 0.938. The van der Waals surface area contributed by atoms with Crippen LogP contribution in [0, 0.1) is 0 Å². The molecule has 2 N–H and O–H groups in total. The van der Waals surface area contributed by atoms with E-state index in [4.69, 9.17) is 5.73 Å². The lowest BCUT2D eigenvalue weighted by Gasteiger charge is -2.03. The van der Waals surface area contributed by atoms with Crippen LogP contribution < -0.4 is 5.73 Å². The summed E-state index contributed by atoms with van der Waals surface area (Å²) in [6.07, 6.45) is 5.26. The summed E-state index contributed by atoms with van der Waals surface area (Å²) in [6.45, 7) is 0. The second kappa shape index (κ2) is 5.07. The van der Waals surface area contributed by atoms with Crippen LogP contribution in [0.5, 0.6) is 0 Å². The third kappa shape index (κ3) is 2.79. The molecule has 3 nitrogen and oxygen atoms in total. The number of halogens is 1. The molecule has 4 heteroatoms. The molecule has 0 amide bonds. The summed E-state index contributed by atoms with van der Waals surface area (Å²) in [5.41, 5.74) is 7.91. The molecule has 2 heterocycles. The zero-order valence-electron chi connectivity index (χ0n) is 8.73. The van der Waals surface area contributed by atoms with Crippen LogP contribution in [0.2, 0.25) is 0 Å². The van der Waals surface area contributed by atoms with Crippen molar-refractivity contribution in [1.82, 2.24) is 9.97 Å². The molecule has 0 saturated carbocycles. The molecule has 0 unspecified atom stereocenters. The van der Waals surface area contributed by atoms with E-state index in [1.54, 1.807) is 6.20 Å². The fraction of sp³-hybridized carbons (Fsp3) is 0.167. The summed E-state index contributed by atoms with van der Waals surface area (Å²) in [5.74, 6) is 0.611. The Morgan fingerprint density at radius 3 is 2.69 bits per heavy atom. The van der Waals surface area contributed by atoms with Gasteiger partial charge in [0.2, 0.25) is 0 Å². The number of nitrogens with zero attached hydrogens (tertiary/aromatic N) is 2. The smallest absolute Gasteiger partial charge is 0.126 e. The van der Waals surface area contributed by atoms with Gasteiger partial charge in [0.05, 0.1) is 0 Å². The Labute approximate surface area is 103 Å². The van der Waals surface area contributed by atoms with Crippen molar-refractivity contribution in [1.29, 1.82) is 0 Å². The lowest BCUT2D eigenvalue weighted by atomic mass is 10.1. The number of aromatic nitrogens is 2. The molecule has 0 aliphatic rings. The Hall–Kier alpha value is -1.42. The van der Waals surface area contributed by atoms with Crippen LogP contribution in [-0.4, -0.2) is 9.97 Å². The summed E-state index contributed by atoms with van der Waals surface area (Å²) in [6, 6.07) is 7.91. The normalized spacial score (nSPS) is 10.3. The summed E-state index contributed by atoms with van der Waals surface area (Å²) in [5, 5.41) is 0. The summed E-state index contributed by atoms with van der Waals surface area (Å²) < 4.78 is 0.997. The molecule has 0 bridgehead atoms. The van der Waals surface area contributed by atoms with Gasteiger partial charge in [-0.2, -0.15) is 0 Å². The first kappa shape index (κ1) is 11.1. The van der Waals surface area contributed by atoms with E-state index >= 15 is 0 Å². The summed E-state index contributed by atoms with van der Waals surface area (Å²) in [7, 11) is 0. The van der Waals surface area contributed by atoms with E-state index in [0.717, 1.165) is 28.6 Å². The summed E-state index contributed by atoms with van der Waals surface area (Å²) in [4.78, 5) is 8.37. The van der Waals surface area contributed by atoms with Gasteiger partial charge in [-0.05, 0) is 52.5 Å². The number of nitrogen functional groups attached to an aromatic ring is 1. The van der Waals surface area contributed by atoms with Gasteiger partial charge < -0.3 is 5.73 Å². The van der Waals surface area contributed by atoms with Gasteiger partial charge in [-0.25, -0.2) is 4.98 Å². The van der Waals surface area contributed by atoms with Gasteiger partial charge in [0, 0.05) is 22.6 Å². The maximum Gasteiger partial charge on any atom is 0.126 e. The van der Waals surface area contributed by atoms with Gasteiger partial charge >= 0.3 is 0 Å². The van der Waals surface area contributed by atoms with Gasteiger partial charge in [0.1, 0.15) is 5.82 Å². The minimum absolute atomic E-state index is 0.611. The zero-order valence-corrected chi connectivity index (χ0v) is 10.3. The second-order valence-corrected chi connectivity index (χ2v) is 4.43. The van der Waals surface area contributed by atoms with Gasteiger partial charge in [-0.15, -0.1) is 0 Å². The van der Waals surface area contributed by atoms with E-state index in [0.29, 0.717) is 5.82 Å². The number of aryl methyl sites for hydroxylation is 2. The van der Waals surface area contributed by atoms with Crippen molar-refractivity contribution in [2.24, 2.45) is 0 Å². The summed E-state index contributed by atoms with van der Waals surface area (Å²) >= 11 is 3.36. The highest BCUT2D eigenvalue weighted by atomic mass is 79.9. The van der Waals surface area contributed by atoms with Crippen LogP contribution in [0.1, 0.15) is 11.3 Å². The molecule has 0 atom stereocenters. The molecule has 2 rings (SSSR count). The van der Waals surface area contributed by atoms with Crippen molar-refractivity contribution in [2.75, 3.05) is 5.73 Å². The minimum Gasteiger partial charge on any atom is -0.383 e. The number of pyridine rings is 2. The van der Waals surface area contributed by atoms with E-state index in [2.05, 4.69) is 25.9 Å². The van der Waals surface area contributed by atoms with Crippen molar-refractivity contribution < 1.29 is 0 Å². The first-order chi connectivity index (χ1) is 7.75. The lowest BCUT2D eigenvalue weighted by Crippen LogP contribution is -2.00. The standard InChI is InChI=1S/C12H12BrN3/c13-10-4-6-11(16-8-10)5-3-9-2-1-7-15-12(9)14/h1-2,4,6-8H,3,5H2,(H2,14,15). The highest BCUT2D eigenvalue weighted by molar-refractivity contribution is 9.10. The van der Waals surface area contributed by atoms with E-state index in [9.17, 15) is 0 Å². The predicted molar refractivity (Wildman–Crippen MR) is 68.0 cm³/mol. The Balaban J connectivity index is 2.02. The maximum atomic E-state index is 5.77. The van der Waals surface area contributed by atoms with E-state index in [1.165, 1.54) is 0 Å². The molecule has 82 valence electrons. The van der Waals surface area contributed by atoms with Crippen molar-refractivity contribution in [3.8, 4) is 0 Å². The average molecular weight is 278 g/mol. The van der Waals surface area contributed by atoms with Crippen LogP contribution in [-0.2, 0) is 12.8 Å². The Kier molecular flexibility index (Phi) is 3.51. The number of anilines is 1. The van der Waals surface area contributed by atoms with Gasteiger partial charge in [0.25, 0.3) is 0 Å². The van der Waals surface area contributed by atoms with E-state index in [-0.39, 0.29) is 0 Å². The first-order valence-electron chi connectivity index (χ1n) is 5.05. The molecule has 0 fully saturated rings. The molecule has 0 aliphatic carbocycles. The second-order valence-electron chi connectivity index (χ2n) is 3.52. The van der Waals surface area contributed by atoms with Gasteiger partial charge in [-0.1, -0.05) is 6.07 Å². The van der Waals surface area contributed by atoms with Crippen molar-refractivity contribution >= 4 is 21.7 Å². The molecule has 0 aromatic carbocycles. The highest BCUT2D eigenvalue weighted by Gasteiger charge is 2.00. The average Bonchev–Trinajstić information content (AvgIpc) is 2.30. The van der Waals surface area contributed by atoms with Crippen LogP contribution >= 0.6 is 15.9 Å². The van der Waals surface area contributed by atoms with E-state index in [1.807, 2.05) is 30.5 Å². The molecule has 0 radical (unpaired) electrons. The third-order valence-electron chi connectivity index (χ3n) is 2.37. The molecular formula is C12H12BrN3. The monoisotopic (exact) mass is 277 g/mol. The largest absolute Gasteiger partial charge is 0.383 e. The number of rotatable bonds is 3. The third-order valence-corrected chi connectivity index (χ3v) is 2.83. The van der Waals surface area contributed by atoms with Crippen molar-refractivity contribution in [2.45, 2.75) is 12.8 Å². The van der Waals surface area contributed by atoms with E-state index < -0.39 is 0 Å². The highest BCUT2D eigenvalue weighted by Crippen LogP contribution is 2.12. The SMILES string of the molecule is Nc1ncccc1CCc1ccc(Br)cn1. The lowest BCUT2D eigenvalue weighted by molar-refractivity contribution is 0.909. The topological polar surface area (TPSA) is 51.8 Å². The van der Waals surface area contributed by atoms with Gasteiger partial charge in [-0.3, -0.25) is 4.98 Å².